The van der Waals surface area contributed by atoms with E-state index < -0.39 is 0 Å². The van der Waals surface area contributed by atoms with Crippen molar-refractivity contribution in [3.05, 3.63) is 65.7 Å². The number of carbonyl (C=O) groups excluding carboxylic acids is 1. The van der Waals surface area contributed by atoms with E-state index in [1.807, 2.05) is 18.2 Å². The number of hydrogen-bond acceptors (Lipinski definition) is 3. The smallest absolute Gasteiger partial charge is 0.223 e. The lowest BCUT2D eigenvalue weighted by Gasteiger charge is -2.44. The number of nitrogens with zero attached hydrogens (tertiary/aromatic N) is 1. The zero-order valence-electron chi connectivity index (χ0n) is 16.7. The van der Waals surface area contributed by atoms with E-state index >= 15 is 0 Å². The number of nitrogens with one attached hydrogen (secondary N) is 1. The van der Waals surface area contributed by atoms with Crippen LogP contribution in [0.3, 0.4) is 0 Å². The highest BCUT2D eigenvalue weighted by Crippen LogP contribution is 2.43. The van der Waals surface area contributed by atoms with Crippen LogP contribution in [-0.4, -0.2) is 29.5 Å². The van der Waals surface area contributed by atoms with Gasteiger partial charge in [0.2, 0.25) is 5.91 Å². The molecule has 2 aromatic carbocycles. The average Bonchev–Trinajstić information content (AvgIpc) is 3.04. The molecule has 1 aliphatic carbocycles. The molecule has 2 fully saturated rings. The van der Waals surface area contributed by atoms with Gasteiger partial charge in [-0.1, -0.05) is 42.5 Å². The Balaban J connectivity index is 1.34. The second-order valence-electron chi connectivity index (χ2n) is 8.20. The molecule has 1 spiro atoms. The third-order valence-electron chi connectivity index (χ3n) is 6.51. The van der Waals surface area contributed by atoms with Gasteiger partial charge in [0.15, 0.2) is 0 Å². The third kappa shape index (κ3) is 4.07. The fourth-order valence-corrected chi connectivity index (χ4v) is 4.82. The molecule has 1 heterocycles. The summed E-state index contributed by atoms with van der Waals surface area (Å²) in [6, 6.07) is 19.2. The first kappa shape index (κ1) is 19.0. The molecule has 0 bridgehead atoms. The van der Waals surface area contributed by atoms with E-state index in [2.05, 4.69) is 46.6 Å². The van der Waals surface area contributed by atoms with Crippen molar-refractivity contribution in [2.45, 2.75) is 63.2 Å². The minimum atomic E-state index is 0.0705. The van der Waals surface area contributed by atoms with E-state index in [4.69, 9.17) is 4.74 Å². The summed E-state index contributed by atoms with van der Waals surface area (Å²) in [7, 11) is 1.71. The largest absolute Gasteiger partial charge is 0.497 e. The van der Waals surface area contributed by atoms with Crippen molar-refractivity contribution in [1.29, 1.82) is 0 Å². The Bertz CT molecular complexity index is 797. The van der Waals surface area contributed by atoms with Gasteiger partial charge in [-0.3, -0.25) is 4.79 Å². The fraction of sp³-hybridized carbons (Fsp3) is 0.458. The quantitative estimate of drug-likeness (QED) is 0.815. The number of hydrogen-bond donors (Lipinski definition) is 1. The summed E-state index contributed by atoms with van der Waals surface area (Å²) in [4.78, 5) is 14.8. The van der Waals surface area contributed by atoms with Crippen molar-refractivity contribution in [3.8, 4) is 5.75 Å². The van der Waals surface area contributed by atoms with Gasteiger partial charge in [0.1, 0.15) is 5.75 Å². The number of carbonyl (C=O) groups is 1. The zero-order chi connectivity index (χ0) is 19.4. The van der Waals surface area contributed by atoms with E-state index in [0.29, 0.717) is 18.4 Å². The number of amides is 1. The highest BCUT2D eigenvalue weighted by molar-refractivity contribution is 5.79. The van der Waals surface area contributed by atoms with Crippen molar-refractivity contribution in [2.24, 2.45) is 0 Å². The molecule has 28 heavy (non-hydrogen) atoms. The van der Waals surface area contributed by atoms with Crippen LogP contribution in [0.1, 0.15) is 49.7 Å². The lowest BCUT2D eigenvalue weighted by Crippen LogP contribution is -2.50. The normalized spacial score (nSPS) is 24.7. The Hall–Kier alpha value is -2.33. The minimum absolute atomic E-state index is 0.0705. The van der Waals surface area contributed by atoms with Gasteiger partial charge in [0.05, 0.1) is 7.11 Å². The Morgan fingerprint density at radius 1 is 1.04 bits per heavy atom. The van der Waals surface area contributed by atoms with Crippen LogP contribution in [0.15, 0.2) is 54.6 Å². The molecule has 4 nitrogen and oxygen atoms in total. The monoisotopic (exact) mass is 378 g/mol. The molecule has 0 radical (unpaired) electrons. The van der Waals surface area contributed by atoms with E-state index in [1.54, 1.807) is 7.11 Å². The van der Waals surface area contributed by atoms with Crippen LogP contribution < -0.4 is 10.1 Å². The summed E-state index contributed by atoms with van der Waals surface area (Å²) < 4.78 is 5.32. The molecule has 1 saturated heterocycles. The van der Waals surface area contributed by atoms with E-state index in [9.17, 15) is 4.79 Å². The van der Waals surface area contributed by atoms with Gasteiger partial charge in [-0.05, 0) is 55.4 Å². The lowest BCUT2D eigenvalue weighted by atomic mass is 9.77. The van der Waals surface area contributed by atoms with Crippen LogP contribution in [0.4, 0.5) is 0 Å². The average molecular weight is 379 g/mol. The first-order valence-corrected chi connectivity index (χ1v) is 10.4. The number of likely N-dealkylation sites (tertiary alicyclic amines) is 1. The van der Waals surface area contributed by atoms with E-state index in [-0.39, 0.29) is 5.54 Å². The Labute approximate surface area is 167 Å². The standard InChI is InChI=1S/C24H30N2O2/c1-28-22-9-5-8-20(16-22)17-25-21-10-13-24(14-11-21)15-12-23(27)26(24)18-19-6-3-2-4-7-19/h2-9,16,21,25H,10-15,17-18H2,1H3. The first-order valence-electron chi connectivity index (χ1n) is 10.4. The molecule has 4 rings (SSSR count). The maximum Gasteiger partial charge on any atom is 0.223 e. The fourth-order valence-electron chi connectivity index (χ4n) is 4.82. The number of methoxy groups -OCH3 is 1. The highest BCUT2D eigenvalue weighted by atomic mass is 16.5. The summed E-state index contributed by atoms with van der Waals surface area (Å²) in [6.45, 7) is 1.61. The van der Waals surface area contributed by atoms with Crippen LogP contribution >= 0.6 is 0 Å². The SMILES string of the molecule is COc1cccc(CNC2CCC3(CCC(=O)N3Cc3ccccc3)CC2)c1. The van der Waals surface area contributed by atoms with Crippen molar-refractivity contribution in [3.63, 3.8) is 0 Å². The highest BCUT2D eigenvalue weighted by Gasteiger charge is 2.46. The maximum absolute atomic E-state index is 12.6. The Morgan fingerprint density at radius 2 is 1.79 bits per heavy atom. The summed E-state index contributed by atoms with van der Waals surface area (Å²) >= 11 is 0. The molecule has 1 N–H and O–H groups in total. The molecule has 4 heteroatoms. The van der Waals surface area contributed by atoms with Crippen molar-refractivity contribution < 1.29 is 9.53 Å². The van der Waals surface area contributed by atoms with Gasteiger partial charge < -0.3 is 15.0 Å². The second-order valence-corrected chi connectivity index (χ2v) is 8.20. The van der Waals surface area contributed by atoms with Crippen molar-refractivity contribution in [1.82, 2.24) is 10.2 Å². The van der Waals surface area contributed by atoms with Gasteiger partial charge >= 0.3 is 0 Å². The molecule has 1 aliphatic heterocycles. The number of benzene rings is 2. The predicted octanol–water partition coefficient (Wildman–Crippen LogP) is 4.29. The molecule has 0 atom stereocenters. The summed E-state index contributed by atoms with van der Waals surface area (Å²) in [5.41, 5.74) is 2.55. The first-order chi connectivity index (χ1) is 13.7. The van der Waals surface area contributed by atoms with Gasteiger partial charge in [0, 0.05) is 31.1 Å². The zero-order valence-corrected chi connectivity index (χ0v) is 16.7. The van der Waals surface area contributed by atoms with Crippen LogP contribution in [0.5, 0.6) is 5.75 Å². The third-order valence-corrected chi connectivity index (χ3v) is 6.51. The van der Waals surface area contributed by atoms with Crippen LogP contribution in [0.25, 0.3) is 0 Å². The molecule has 1 saturated carbocycles. The maximum atomic E-state index is 12.6. The molecular weight excluding hydrogens is 348 g/mol. The molecule has 2 aliphatic rings. The summed E-state index contributed by atoms with van der Waals surface area (Å²) in [6.07, 6.45) is 6.17. The topological polar surface area (TPSA) is 41.6 Å². The minimum Gasteiger partial charge on any atom is -0.497 e. The molecule has 0 unspecified atom stereocenters. The van der Waals surface area contributed by atoms with Gasteiger partial charge in [-0.15, -0.1) is 0 Å². The van der Waals surface area contributed by atoms with Crippen LogP contribution in [0.2, 0.25) is 0 Å². The van der Waals surface area contributed by atoms with E-state index in [0.717, 1.165) is 50.9 Å². The number of rotatable bonds is 6. The van der Waals surface area contributed by atoms with Gasteiger partial charge in [0.25, 0.3) is 0 Å². The summed E-state index contributed by atoms with van der Waals surface area (Å²) in [5.74, 6) is 1.23. The molecule has 1 amide bonds. The molecule has 148 valence electrons. The second kappa shape index (κ2) is 8.36. The summed E-state index contributed by atoms with van der Waals surface area (Å²) in [5, 5.41) is 3.71. The van der Waals surface area contributed by atoms with Crippen LogP contribution in [-0.2, 0) is 17.9 Å². The van der Waals surface area contributed by atoms with Crippen molar-refractivity contribution >= 4 is 5.91 Å². The molecule has 2 aromatic rings. The van der Waals surface area contributed by atoms with Gasteiger partial charge in [-0.2, -0.15) is 0 Å². The Morgan fingerprint density at radius 3 is 2.54 bits per heavy atom. The molecule has 0 aromatic heterocycles. The predicted molar refractivity (Wildman–Crippen MR) is 111 cm³/mol. The van der Waals surface area contributed by atoms with Crippen LogP contribution in [0, 0.1) is 0 Å². The van der Waals surface area contributed by atoms with Crippen molar-refractivity contribution in [2.75, 3.05) is 7.11 Å². The number of ether oxygens (including phenoxy) is 1. The lowest BCUT2D eigenvalue weighted by molar-refractivity contribution is -0.133. The van der Waals surface area contributed by atoms with E-state index in [1.165, 1.54) is 11.1 Å². The molecular formula is C24H30N2O2. The van der Waals surface area contributed by atoms with Gasteiger partial charge in [-0.25, -0.2) is 0 Å². The Kier molecular flexibility index (Phi) is 5.67.